The van der Waals surface area contributed by atoms with E-state index < -0.39 is 0 Å². The Balaban J connectivity index is 1.24. The minimum Gasteiger partial charge on any atom is -0.379 e. The molecule has 1 saturated heterocycles. The predicted octanol–water partition coefficient (Wildman–Crippen LogP) is 4.50. The van der Waals surface area contributed by atoms with Crippen LogP contribution in [-0.2, 0) is 14.3 Å². The summed E-state index contributed by atoms with van der Waals surface area (Å²) in [6, 6.07) is 13.2. The summed E-state index contributed by atoms with van der Waals surface area (Å²) in [5.41, 5.74) is 4.80. The van der Waals surface area contributed by atoms with Crippen molar-refractivity contribution in [2.45, 2.75) is 13.3 Å². The molecule has 2 aromatic carbocycles. The largest absolute Gasteiger partial charge is 0.379 e. The molecule has 1 amide bonds. The third kappa shape index (κ3) is 6.17. The first-order chi connectivity index (χ1) is 18.0. The first-order valence-electron chi connectivity index (χ1n) is 12.4. The molecule has 1 aromatic heterocycles. The van der Waals surface area contributed by atoms with Crippen molar-refractivity contribution in [2.75, 3.05) is 43.5 Å². The van der Waals surface area contributed by atoms with E-state index in [9.17, 15) is 9.59 Å². The molecule has 0 bridgehead atoms. The van der Waals surface area contributed by atoms with Crippen LogP contribution in [0, 0.1) is 0 Å². The maximum absolute atomic E-state index is 12.4. The number of Topliss-reactive ketones (excluding diaryl/α,β-unsaturated/α-hetero) is 1. The van der Waals surface area contributed by atoms with Crippen molar-refractivity contribution in [3.05, 3.63) is 84.1 Å². The van der Waals surface area contributed by atoms with Crippen molar-refractivity contribution in [3.63, 3.8) is 0 Å². The first-order valence-corrected chi connectivity index (χ1v) is 12.4. The van der Waals surface area contributed by atoms with Crippen LogP contribution in [-0.4, -0.2) is 59.4 Å². The van der Waals surface area contributed by atoms with Gasteiger partial charge in [0.05, 0.1) is 18.7 Å². The summed E-state index contributed by atoms with van der Waals surface area (Å²) in [6.07, 6.45) is 9.49. The summed E-state index contributed by atoms with van der Waals surface area (Å²) in [6.45, 7) is 5.91. The monoisotopic (exact) mass is 495 g/mol. The van der Waals surface area contributed by atoms with E-state index in [1.807, 2.05) is 67.6 Å². The Labute approximate surface area is 215 Å². The van der Waals surface area contributed by atoms with E-state index in [1.54, 1.807) is 12.3 Å². The molecule has 37 heavy (non-hydrogen) atoms. The number of ether oxygens (including phenoxy) is 1. The fourth-order valence-electron chi connectivity index (χ4n) is 4.47. The number of carbonyl (C=O) groups excluding carboxylic acids is 2. The van der Waals surface area contributed by atoms with Gasteiger partial charge in [-0.05, 0) is 48.4 Å². The van der Waals surface area contributed by atoms with E-state index in [2.05, 4.69) is 25.5 Å². The normalized spacial score (nSPS) is 16.5. The first kappa shape index (κ1) is 24.5. The predicted molar refractivity (Wildman–Crippen MR) is 146 cm³/mol. The van der Waals surface area contributed by atoms with Gasteiger partial charge < -0.3 is 15.4 Å². The zero-order chi connectivity index (χ0) is 25.6. The molecule has 0 atom stereocenters. The highest BCUT2D eigenvalue weighted by Crippen LogP contribution is 2.28. The molecule has 3 aromatic rings. The molecule has 0 saturated carbocycles. The van der Waals surface area contributed by atoms with E-state index in [0.29, 0.717) is 18.1 Å². The number of morpholine rings is 1. The van der Waals surface area contributed by atoms with Gasteiger partial charge in [-0.3, -0.25) is 14.5 Å². The number of nitrogens with one attached hydrogen (secondary N) is 2. The van der Waals surface area contributed by atoms with Crippen LogP contribution >= 0.6 is 0 Å². The zero-order valence-electron chi connectivity index (χ0n) is 20.7. The average Bonchev–Trinajstić information content (AvgIpc) is 2.89. The number of amides is 1. The lowest BCUT2D eigenvalue weighted by Gasteiger charge is -2.25. The second kappa shape index (κ2) is 11.3. The quantitative estimate of drug-likeness (QED) is 0.466. The Hall–Kier alpha value is -4.14. The standard InChI is InChI=1S/C29H29N5O3/c1-20-5-2-8-26(35)28(20)21-10-11-25-22(17-21)19-30-29(33-25)32-24-7-3-6-23(18-24)31-27(36)9-4-12-34-13-15-37-16-14-34/h2-7,9-11,17-19H,8,12-16H2,1H3,(H,31,36)(H,30,32,33)/b9-4+. The third-order valence-corrected chi connectivity index (χ3v) is 6.34. The molecule has 188 valence electrons. The molecular weight excluding hydrogens is 466 g/mol. The van der Waals surface area contributed by atoms with E-state index in [1.165, 1.54) is 0 Å². The lowest BCUT2D eigenvalue weighted by atomic mass is 9.91. The van der Waals surface area contributed by atoms with Gasteiger partial charge in [0.1, 0.15) is 0 Å². The van der Waals surface area contributed by atoms with Crippen LogP contribution < -0.4 is 10.6 Å². The summed E-state index contributed by atoms with van der Waals surface area (Å²) in [7, 11) is 0. The van der Waals surface area contributed by atoms with Crippen LogP contribution in [0.3, 0.4) is 0 Å². The summed E-state index contributed by atoms with van der Waals surface area (Å²) in [5.74, 6) is 0.389. The van der Waals surface area contributed by atoms with Crippen LogP contribution in [0.25, 0.3) is 16.5 Å². The van der Waals surface area contributed by atoms with E-state index in [0.717, 1.165) is 66.1 Å². The highest BCUT2D eigenvalue weighted by Gasteiger charge is 2.17. The maximum atomic E-state index is 12.4. The van der Waals surface area contributed by atoms with Crippen molar-refractivity contribution in [3.8, 4) is 0 Å². The number of ketones is 1. The van der Waals surface area contributed by atoms with Gasteiger partial charge in [-0.2, -0.15) is 0 Å². The van der Waals surface area contributed by atoms with Gasteiger partial charge in [0.25, 0.3) is 0 Å². The van der Waals surface area contributed by atoms with Crippen molar-refractivity contribution >= 4 is 45.5 Å². The number of hydrogen-bond acceptors (Lipinski definition) is 7. The second-order valence-electron chi connectivity index (χ2n) is 9.07. The number of carbonyl (C=O) groups is 2. The number of fused-ring (bicyclic) bond motifs is 1. The number of hydrogen-bond donors (Lipinski definition) is 2. The van der Waals surface area contributed by atoms with Crippen molar-refractivity contribution in [1.29, 1.82) is 0 Å². The van der Waals surface area contributed by atoms with Gasteiger partial charge in [-0.15, -0.1) is 0 Å². The molecule has 1 aliphatic heterocycles. The van der Waals surface area contributed by atoms with E-state index >= 15 is 0 Å². The molecule has 0 radical (unpaired) electrons. The molecule has 2 N–H and O–H groups in total. The third-order valence-electron chi connectivity index (χ3n) is 6.34. The molecule has 1 aliphatic carbocycles. The highest BCUT2D eigenvalue weighted by molar-refractivity contribution is 6.23. The molecule has 1 fully saturated rings. The number of aromatic nitrogens is 2. The highest BCUT2D eigenvalue weighted by atomic mass is 16.5. The second-order valence-corrected chi connectivity index (χ2v) is 9.07. The topological polar surface area (TPSA) is 96.5 Å². The fraction of sp³-hybridized carbons (Fsp3) is 0.241. The smallest absolute Gasteiger partial charge is 0.248 e. The molecule has 2 aliphatic rings. The Kier molecular flexibility index (Phi) is 7.49. The molecule has 2 heterocycles. The van der Waals surface area contributed by atoms with Gasteiger partial charge in [0.15, 0.2) is 5.78 Å². The molecule has 8 nitrogen and oxygen atoms in total. The molecular formula is C29H29N5O3. The zero-order valence-corrected chi connectivity index (χ0v) is 20.7. The summed E-state index contributed by atoms with van der Waals surface area (Å²) < 4.78 is 5.34. The maximum Gasteiger partial charge on any atom is 0.248 e. The van der Waals surface area contributed by atoms with Gasteiger partial charge >= 0.3 is 0 Å². The summed E-state index contributed by atoms with van der Waals surface area (Å²) in [5, 5.41) is 6.96. The number of anilines is 3. The average molecular weight is 496 g/mol. The number of rotatable bonds is 7. The van der Waals surface area contributed by atoms with Crippen LogP contribution in [0.4, 0.5) is 17.3 Å². The minimum atomic E-state index is -0.180. The lowest BCUT2D eigenvalue weighted by Crippen LogP contribution is -2.36. The Morgan fingerprint density at radius 3 is 2.81 bits per heavy atom. The van der Waals surface area contributed by atoms with Crippen LogP contribution in [0.2, 0.25) is 0 Å². The minimum absolute atomic E-state index is 0.123. The van der Waals surface area contributed by atoms with Crippen LogP contribution in [0.1, 0.15) is 18.9 Å². The van der Waals surface area contributed by atoms with Gasteiger partial charge in [0, 0.05) is 60.7 Å². The molecule has 0 spiro atoms. The van der Waals surface area contributed by atoms with Gasteiger partial charge in [-0.1, -0.05) is 30.4 Å². The van der Waals surface area contributed by atoms with Crippen molar-refractivity contribution in [1.82, 2.24) is 14.9 Å². The van der Waals surface area contributed by atoms with Crippen LogP contribution in [0.5, 0.6) is 0 Å². The van der Waals surface area contributed by atoms with Gasteiger partial charge in [-0.25, -0.2) is 9.97 Å². The fourth-order valence-corrected chi connectivity index (χ4v) is 4.47. The lowest BCUT2D eigenvalue weighted by molar-refractivity contribution is -0.113. The van der Waals surface area contributed by atoms with Crippen molar-refractivity contribution in [2.24, 2.45) is 0 Å². The van der Waals surface area contributed by atoms with Gasteiger partial charge in [0.2, 0.25) is 11.9 Å². The number of benzene rings is 2. The van der Waals surface area contributed by atoms with E-state index in [4.69, 9.17) is 4.74 Å². The molecule has 5 rings (SSSR count). The molecule has 0 unspecified atom stereocenters. The Morgan fingerprint density at radius 2 is 1.97 bits per heavy atom. The summed E-state index contributed by atoms with van der Waals surface area (Å²) in [4.78, 5) is 36.1. The SMILES string of the molecule is CC1=C(c2ccc3nc(Nc4cccc(NC(=O)/C=C/CN5CCOCC5)c4)ncc3c2)C(=O)CC=C1. The Morgan fingerprint density at radius 1 is 1.14 bits per heavy atom. The number of allylic oxidation sites excluding steroid dienone is 4. The molecule has 8 heteroatoms. The van der Waals surface area contributed by atoms with E-state index in [-0.39, 0.29) is 11.7 Å². The number of nitrogens with zero attached hydrogens (tertiary/aromatic N) is 3. The Bertz CT molecular complexity index is 1420. The van der Waals surface area contributed by atoms with Crippen molar-refractivity contribution < 1.29 is 14.3 Å². The van der Waals surface area contributed by atoms with Crippen LogP contribution in [0.15, 0.2) is 78.5 Å². The summed E-state index contributed by atoms with van der Waals surface area (Å²) >= 11 is 0.